The Hall–Kier alpha value is -4.78. The van der Waals surface area contributed by atoms with Crippen molar-refractivity contribution in [2.45, 2.75) is 53.4 Å². The van der Waals surface area contributed by atoms with Crippen molar-refractivity contribution in [2.24, 2.45) is 23.7 Å². The molecule has 65 heavy (non-hydrogen) atoms. The van der Waals surface area contributed by atoms with E-state index in [2.05, 4.69) is 61.8 Å². The molecule has 8 rings (SSSR count). The Bertz CT molecular complexity index is 1850. The fourth-order valence-electron chi connectivity index (χ4n) is 9.90. The van der Waals surface area contributed by atoms with Crippen molar-refractivity contribution in [3.8, 4) is 33.8 Å². The number of piperidine rings is 2. The summed E-state index contributed by atoms with van der Waals surface area (Å²) < 4.78 is 22.6. The molecule has 2 amide bonds. The summed E-state index contributed by atoms with van der Waals surface area (Å²) in [6.07, 6.45) is 4.82. The van der Waals surface area contributed by atoms with Gasteiger partial charge in [-0.1, -0.05) is 76.2 Å². The highest BCUT2D eigenvalue weighted by molar-refractivity contribution is 5.95. The van der Waals surface area contributed by atoms with E-state index in [9.17, 15) is 9.59 Å². The molecule has 4 saturated heterocycles. The Kier molecular flexibility index (Phi) is 19.3. The number of ether oxygens (including phenoxy) is 4. The van der Waals surface area contributed by atoms with E-state index in [1.54, 1.807) is 0 Å². The van der Waals surface area contributed by atoms with Crippen LogP contribution in [-0.2, 0) is 9.47 Å². The van der Waals surface area contributed by atoms with Crippen molar-refractivity contribution in [1.82, 2.24) is 19.6 Å². The number of hydrogen-bond acceptors (Lipinski definition) is 8. The number of carbonyl (C=O) groups is 2. The summed E-state index contributed by atoms with van der Waals surface area (Å²) in [7, 11) is 0. The van der Waals surface area contributed by atoms with Gasteiger partial charge in [0.15, 0.2) is 0 Å². The first kappa shape index (κ1) is 49.6. The molecule has 4 aliphatic rings. The Morgan fingerprint density at radius 1 is 0.477 bits per heavy atom. The van der Waals surface area contributed by atoms with E-state index in [4.69, 9.17) is 18.9 Å². The lowest BCUT2D eigenvalue weighted by atomic mass is 9.92. The first-order valence-electron chi connectivity index (χ1n) is 24.0. The smallest absolute Gasteiger partial charge is 0.254 e. The van der Waals surface area contributed by atoms with Crippen LogP contribution in [0.25, 0.3) is 22.3 Å². The molecule has 4 aromatic rings. The summed E-state index contributed by atoms with van der Waals surface area (Å²) >= 11 is 0. The monoisotopic (exact) mass is 891 g/mol. The summed E-state index contributed by atoms with van der Waals surface area (Å²) in [4.78, 5) is 34.1. The number of benzene rings is 4. The minimum Gasteiger partial charge on any atom is -0.494 e. The average molecular weight is 891 g/mol. The summed E-state index contributed by atoms with van der Waals surface area (Å²) in [5.74, 6) is 5.20. The van der Waals surface area contributed by atoms with Crippen molar-refractivity contribution in [3.05, 3.63) is 108 Å². The number of carbonyl (C=O) groups excluding carboxylic acids is 2. The molecule has 4 heterocycles. The fraction of sp³-hybridized carbons (Fsp3) is 0.519. The Balaban J connectivity index is 0.000000212. The number of rotatable bonds is 14. The van der Waals surface area contributed by atoms with Crippen LogP contribution < -0.4 is 9.47 Å². The lowest BCUT2D eigenvalue weighted by Gasteiger charge is -2.34. The van der Waals surface area contributed by atoms with Gasteiger partial charge in [0.1, 0.15) is 11.5 Å². The molecule has 0 aliphatic carbocycles. The van der Waals surface area contributed by atoms with Crippen LogP contribution in [0.15, 0.2) is 97.1 Å². The zero-order valence-electron chi connectivity index (χ0n) is 39.4. The number of nitrogens with zero attached hydrogens (tertiary/aromatic N) is 4. The Morgan fingerprint density at radius 3 is 1.08 bits per heavy atom. The first-order chi connectivity index (χ1) is 31.2. The third-order valence-electron chi connectivity index (χ3n) is 12.9. The van der Waals surface area contributed by atoms with Gasteiger partial charge in [-0.25, -0.2) is 0 Å². The van der Waals surface area contributed by atoms with Crippen LogP contribution in [-0.4, -0.2) is 142 Å². The molecule has 4 aromatic carbocycles. The van der Waals surface area contributed by atoms with Gasteiger partial charge in [-0.3, -0.25) is 9.59 Å². The average Bonchev–Trinajstić information content (AvgIpc) is 3.32. The Morgan fingerprint density at radius 2 is 0.769 bits per heavy atom. The van der Waals surface area contributed by atoms with E-state index in [-0.39, 0.29) is 17.3 Å². The van der Waals surface area contributed by atoms with E-state index >= 15 is 0 Å². The quantitative estimate of drug-likeness (QED) is 0.116. The zero-order chi connectivity index (χ0) is 44.7. The summed E-state index contributed by atoms with van der Waals surface area (Å²) in [5, 5.41) is 0. The van der Waals surface area contributed by atoms with Crippen LogP contribution in [0.3, 0.4) is 0 Å². The van der Waals surface area contributed by atoms with Crippen LogP contribution in [0.2, 0.25) is 0 Å². The lowest BCUT2D eigenvalue weighted by Crippen LogP contribution is -2.40. The van der Waals surface area contributed by atoms with Crippen molar-refractivity contribution in [1.29, 1.82) is 0 Å². The molecule has 0 saturated carbocycles. The molecular formula is C54H74N4O7. The molecule has 4 fully saturated rings. The van der Waals surface area contributed by atoms with Gasteiger partial charge in [-0.2, -0.15) is 0 Å². The van der Waals surface area contributed by atoms with Gasteiger partial charge in [-0.15, -0.1) is 0 Å². The van der Waals surface area contributed by atoms with Crippen molar-refractivity contribution < 1.29 is 34.0 Å². The van der Waals surface area contributed by atoms with Gasteiger partial charge in [0, 0.05) is 76.6 Å². The largest absolute Gasteiger partial charge is 0.494 e. The minimum absolute atomic E-state index is 0. The van der Waals surface area contributed by atoms with Crippen LogP contribution in [0.5, 0.6) is 11.5 Å². The summed E-state index contributed by atoms with van der Waals surface area (Å²) in [5.41, 5.74) is 5.91. The maximum Gasteiger partial charge on any atom is 0.254 e. The molecule has 0 bridgehead atoms. The van der Waals surface area contributed by atoms with E-state index < -0.39 is 0 Å². The Labute approximate surface area is 388 Å². The SMILES string of the molecule is C[C@@H]1C[C@H](C)CN(CCCOc2ccc(-c3ccc(C(=O)N4CCOCC4)cc3)cc2)C1.C[C@@H]1C[C@H](C)CN(CCCOc2ccc(-c3ccc(C(=O)N4CCOCC4)cc3)cc2)C1.O. The maximum atomic E-state index is 12.6. The van der Waals surface area contributed by atoms with Gasteiger partial charge in [0.25, 0.3) is 11.8 Å². The molecule has 0 unspecified atom stereocenters. The van der Waals surface area contributed by atoms with Gasteiger partial charge < -0.3 is 44.0 Å². The zero-order valence-corrected chi connectivity index (χ0v) is 39.4. The molecule has 0 radical (unpaired) electrons. The highest BCUT2D eigenvalue weighted by Crippen LogP contribution is 2.26. The highest BCUT2D eigenvalue weighted by Gasteiger charge is 2.23. The van der Waals surface area contributed by atoms with Gasteiger partial charge in [-0.05, 0) is 120 Å². The van der Waals surface area contributed by atoms with Crippen molar-refractivity contribution in [2.75, 3.05) is 105 Å². The van der Waals surface area contributed by atoms with Crippen LogP contribution in [0.1, 0.15) is 74.1 Å². The molecule has 0 spiro atoms. The molecule has 0 aromatic heterocycles. The van der Waals surface area contributed by atoms with Gasteiger partial charge in [0.05, 0.1) is 39.6 Å². The van der Waals surface area contributed by atoms with E-state index in [1.807, 2.05) is 82.6 Å². The third-order valence-corrected chi connectivity index (χ3v) is 12.9. The molecule has 11 heteroatoms. The molecular weight excluding hydrogens is 817 g/mol. The van der Waals surface area contributed by atoms with Crippen LogP contribution in [0, 0.1) is 23.7 Å². The normalized spacial score (nSPS) is 21.7. The van der Waals surface area contributed by atoms with Crippen LogP contribution >= 0.6 is 0 Å². The number of amides is 2. The molecule has 2 N–H and O–H groups in total. The lowest BCUT2D eigenvalue weighted by molar-refractivity contribution is 0.0301. The standard InChI is InChI=1S/2C27H36N2O3.H2O/c2*1-21-18-22(2)20-28(19-21)12-3-15-32-26-10-8-24(9-11-26)23-4-6-25(7-5-23)27(30)29-13-16-31-17-14-29;/h2*4-11,21-22H,3,12-20H2,1-2H3;1H2/t2*21-,22+;. The second-order valence-corrected chi connectivity index (χ2v) is 18.8. The number of hydrogen-bond donors (Lipinski definition) is 0. The second-order valence-electron chi connectivity index (χ2n) is 18.8. The number of likely N-dealkylation sites (tertiary alicyclic amines) is 2. The summed E-state index contributed by atoms with van der Waals surface area (Å²) in [6.45, 7) is 23.2. The second kappa shape index (κ2) is 25.2. The van der Waals surface area contributed by atoms with E-state index in [0.717, 1.165) is 108 Å². The molecule has 4 aliphatic heterocycles. The maximum absolute atomic E-state index is 12.6. The van der Waals surface area contributed by atoms with Gasteiger partial charge >= 0.3 is 0 Å². The van der Waals surface area contributed by atoms with Crippen molar-refractivity contribution in [3.63, 3.8) is 0 Å². The number of morpholine rings is 2. The molecule has 4 atom stereocenters. The van der Waals surface area contributed by atoms with E-state index in [0.29, 0.717) is 52.6 Å². The first-order valence-corrected chi connectivity index (χ1v) is 24.0. The summed E-state index contributed by atoms with van der Waals surface area (Å²) in [6, 6.07) is 32.2. The predicted octanol–water partition coefficient (Wildman–Crippen LogP) is 8.32. The third kappa shape index (κ3) is 15.1. The van der Waals surface area contributed by atoms with E-state index in [1.165, 1.54) is 39.0 Å². The molecule has 11 nitrogen and oxygen atoms in total. The topological polar surface area (TPSA) is 116 Å². The van der Waals surface area contributed by atoms with Crippen molar-refractivity contribution >= 4 is 11.8 Å². The van der Waals surface area contributed by atoms with Crippen LogP contribution in [0.4, 0.5) is 0 Å². The minimum atomic E-state index is 0. The highest BCUT2D eigenvalue weighted by atomic mass is 16.5. The van der Waals surface area contributed by atoms with Gasteiger partial charge in [0.2, 0.25) is 0 Å². The fourth-order valence-corrected chi connectivity index (χ4v) is 9.90. The molecule has 352 valence electrons. The predicted molar refractivity (Wildman–Crippen MR) is 260 cm³/mol.